The number of carbonyl (C=O) groups is 3. The first-order chi connectivity index (χ1) is 27.0. The number of ether oxygens (including phenoxy) is 3. The quantitative estimate of drug-likeness (QED) is 0.0785. The molecule has 2 heterocycles. The molecule has 2 amide bonds. The van der Waals surface area contributed by atoms with E-state index >= 15 is 0 Å². The zero-order valence-corrected chi connectivity index (χ0v) is 34.5. The zero-order valence-electron chi connectivity index (χ0n) is 34.5. The van der Waals surface area contributed by atoms with Crippen LogP contribution in [-0.2, 0) is 16.1 Å². The maximum absolute atomic E-state index is 14.7. The van der Waals surface area contributed by atoms with Crippen molar-refractivity contribution in [2.45, 2.75) is 87.4 Å². The Morgan fingerprint density at radius 3 is 2.21 bits per heavy atom. The second kappa shape index (κ2) is 17.5. The summed E-state index contributed by atoms with van der Waals surface area (Å²) in [6.07, 6.45) is 3.89. The number of aromatic nitrogens is 3. The summed E-state index contributed by atoms with van der Waals surface area (Å²) in [6, 6.07) is 14.9. The summed E-state index contributed by atoms with van der Waals surface area (Å²) < 4.78 is 20.0. The molecular formula is C45H56N6O6. The van der Waals surface area contributed by atoms with E-state index in [2.05, 4.69) is 76.9 Å². The summed E-state index contributed by atoms with van der Waals surface area (Å²) in [5.74, 6) is 0.0886. The Hall–Kier alpha value is -5.83. The molecule has 1 saturated carbocycles. The van der Waals surface area contributed by atoms with E-state index in [1.54, 1.807) is 37.3 Å². The SMILES string of the molecule is [C-]#[N+]c1c(C(=O)OC2C(C(C)(C)C)CC(C)CC2C(C)(C)C)c2nc(-c3ccc(OCc4ccccc4)c(NC(=O)CC)c3)[nH]n2c1OC(=O)N(CC=C)CC=C. The molecule has 302 valence electrons. The molecule has 4 aromatic rings. The van der Waals surface area contributed by atoms with Crippen molar-refractivity contribution in [3.05, 3.63) is 96.4 Å². The van der Waals surface area contributed by atoms with Gasteiger partial charge in [-0.3, -0.25) is 9.89 Å². The molecule has 2 aromatic carbocycles. The molecule has 1 fully saturated rings. The number of nitrogens with one attached hydrogen (secondary N) is 2. The number of hydrogen-bond donors (Lipinski definition) is 2. The van der Waals surface area contributed by atoms with E-state index in [-0.39, 0.29) is 83.3 Å². The van der Waals surface area contributed by atoms with Gasteiger partial charge < -0.3 is 24.4 Å². The average molecular weight is 777 g/mol. The molecule has 1 aliphatic rings. The lowest BCUT2D eigenvalue weighted by Gasteiger charge is -2.50. The number of nitrogens with zero attached hydrogens (tertiary/aromatic N) is 4. The van der Waals surface area contributed by atoms with E-state index in [1.165, 1.54) is 9.42 Å². The zero-order chi connectivity index (χ0) is 41.7. The molecule has 2 atom stereocenters. The number of carbonyl (C=O) groups excluding carboxylic acids is 3. The second-order valence-corrected chi connectivity index (χ2v) is 17.0. The molecule has 0 bridgehead atoms. The third kappa shape index (κ3) is 9.59. The number of benzene rings is 2. The van der Waals surface area contributed by atoms with Gasteiger partial charge >= 0.3 is 12.1 Å². The first kappa shape index (κ1) is 42.3. The maximum atomic E-state index is 14.7. The summed E-state index contributed by atoms with van der Waals surface area (Å²) in [4.78, 5) is 50.8. The van der Waals surface area contributed by atoms with Crippen molar-refractivity contribution in [1.29, 1.82) is 0 Å². The van der Waals surface area contributed by atoms with Crippen LogP contribution < -0.4 is 14.8 Å². The molecule has 2 unspecified atom stereocenters. The first-order valence-electron chi connectivity index (χ1n) is 19.5. The summed E-state index contributed by atoms with van der Waals surface area (Å²) in [5, 5.41) is 6.07. The lowest BCUT2D eigenvalue weighted by atomic mass is 9.59. The standard InChI is InChI=1S/C45H56N6O6/c1-12-22-50(23-13-2)43(54)57-41-37(46-11)36(42(53)56-38-31(44(5,6)7)24-28(4)25-32(38)45(8,9)10)40-48-39(49-51(40)41)30-20-21-34(33(26-30)47-35(52)14-3)55-27-29-18-16-15-17-19-29/h12-13,15-21,26,28,31-32,38H,1-2,14,22-25,27H2,3-10H3,(H,47,52)(H,48,49). The molecule has 0 saturated heterocycles. The van der Waals surface area contributed by atoms with Crippen LogP contribution in [0.15, 0.2) is 73.8 Å². The summed E-state index contributed by atoms with van der Waals surface area (Å²) >= 11 is 0. The van der Waals surface area contributed by atoms with E-state index < -0.39 is 18.2 Å². The first-order valence-corrected chi connectivity index (χ1v) is 19.5. The van der Waals surface area contributed by atoms with Crippen LogP contribution in [0.4, 0.5) is 16.2 Å². The Bertz CT molecular complexity index is 2110. The van der Waals surface area contributed by atoms with Gasteiger partial charge in [0.15, 0.2) is 11.5 Å². The number of anilines is 1. The summed E-state index contributed by atoms with van der Waals surface area (Å²) in [5.41, 5.74) is 1.28. The number of H-pyrrole nitrogens is 1. The number of aromatic amines is 1. The summed E-state index contributed by atoms with van der Waals surface area (Å²) in [7, 11) is 0. The van der Waals surface area contributed by atoms with Crippen LogP contribution >= 0.6 is 0 Å². The smallest absolute Gasteiger partial charge is 0.416 e. The van der Waals surface area contributed by atoms with Crippen LogP contribution in [0.1, 0.15) is 90.6 Å². The van der Waals surface area contributed by atoms with E-state index in [1.807, 2.05) is 30.3 Å². The van der Waals surface area contributed by atoms with Gasteiger partial charge in [0.1, 0.15) is 24.0 Å². The van der Waals surface area contributed by atoms with Crippen LogP contribution in [0, 0.1) is 35.2 Å². The fourth-order valence-electron chi connectivity index (χ4n) is 7.60. The number of hydrogen-bond acceptors (Lipinski definition) is 7. The van der Waals surface area contributed by atoms with Gasteiger partial charge in [0, 0.05) is 36.9 Å². The summed E-state index contributed by atoms with van der Waals surface area (Å²) in [6.45, 7) is 33.3. The largest absolute Gasteiger partial charge is 0.487 e. The highest BCUT2D eigenvalue weighted by Gasteiger charge is 2.48. The van der Waals surface area contributed by atoms with E-state index in [0.29, 0.717) is 22.9 Å². The van der Waals surface area contributed by atoms with Gasteiger partial charge in [0.2, 0.25) is 11.8 Å². The van der Waals surface area contributed by atoms with Gasteiger partial charge in [-0.1, -0.05) is 97.9 Å². The number of esters is 1. The van der Waals surface area contributed by atoms with Gasteiger partial charge in [-0.05, 0) is 53.4 Å². The number of amides is 2. The van der Waals surface area contributed by atoms with Gasteiger partial charge in [0.05, 0.1) is 12.3 Å². The van der Waals surface area contributed by atoms with Crippen molar-refractivity contribution < 1.29 is 28.6 Å². The fourth-order valence-corrected chi connectivity index (χ4v) is 7.60. The van der Waals surface area contributed by atoms with Crippen LogP contribution in [0.25, 0.3) is 21.9 Å². The molecule has 0 aliphatic heterocycles. The molecule has 2 N–H and O–H groups in total. The highest BCUT2D eigenvalue weighted by molar-refractivity contribution is 6.05. The Balaban J connectivity index is 1.64. The van der Waals surface area contributed by atoms with Crippen LogP contribution in [-0.4, -0.2) is 56.7 Å². The van der Waals surface area contributed by atoms with Crippen molar-refractivity contribution in [3.8, 4) is 23.0 Å². The van der Waals surface area contributed by atoms with Gasteiger partial charge in [-0.2, -0.15) is 0 Å². The van der Waals surface area contributed by atoms with Crippen molar-refractivity contribution in [3.63, 3.8) is 0 Å². The lowest BCUT2D eigenvalue weighted by Crippen LogP contribution is -2.49. The predicted molar refractivity (Wildman–Crippen MR) is 222 cm³/mol. The van der Waals surface area contributed by atoms with Crippen LogP contribution in [0.2, 0.25) is 0 Å². The minimum absolute atomic E-state index is 0.0432. The molecule has 5 rings (SSSR count). The Morgan fingerprint density at radius 1 is 1.02 bits per heavy atom. The molecule has 2 aromatic heterocycles. The Kier molecular flexibility index (Phi) is 13.0. The maximum Gasteiger partial charge on any atom is 0.416 e. The molecule has 12 nitrogen and oxygen atoms in total. The van der Waals surface area contributed by atoms with Gasteiger partial charge in [0.25, 0.3) is 5.69 Å². The third-order valence-electron chi connectivity index (χ3n) is 10.6. The van der Waals surface area contributed by atoms with Crippen LogP contribution in [0.5, 0.6) is 11.6 Å². The lowest BCUT2D eigenvalue weighted by molar-refractivity contribution is -0.115. The third-order valence-corrected chi connectivity index (χ3v) is 10.6. The molecule has 57 heavy (non-hydrogen) atoms. The average Bonchev–Trinajstić information content (AvgIpc) is 3.71. The molecule has 12 heteroatoms. The predicted octanol–water partition coefficient (Wildman–Crippen LogP) is 10.3. The van der Waals surface area contributed by atoms with E-state index in [4.69, 9.17) is 25.8 Å². The second-order valence-electron chi connectivity index (χ2n) is 17.0. The molecular weight excluding hydrogens is 721 g/mol. The van der Waals surface area contributed by atoms with Crippen LogP contribution in [0.3, 0.4) is 0 Å². The number of fused-ring (bicyclic) bond motifs is 1. The molecule has 0 spiro atoms. The Morgan fingerprint density at radius 2 is 1.65 bits per heavy atom. The van der Waals surface area contributed by atoms with E-state index in [0.717, 1.165) is 18.4 Å². The Labute approximate surface area is 336 Å². The van der Waals surface area contributed by atoms with Crippen molar-refractivity contribution >= 4 is 35.0 Å². The van der Waals surface area contributed by atoms with Crippen molar-refractivity contribution in [2.75, 3.05) is 18.4 Å². The monoisotopic (exact) mass is 776 g/mol. The minimum Gasteiger partial charge on any atom is -0.487 e. The van der Waals surface area contributed by atoms with Crippen molar-refractivity contribution in [1.82, 2.24) is 19.5 Å². The van der Waals surface area contributed by atoms with E-state index in [9.17, 15) is 14.4 Å². The van der Waals surface area contributed by atoms with Gasteiger partial charge in [-0.15, -0.1) is 13.2 Å². The fraction of sp³-hybridized carbons (Fsp3) is 0.444. The molecule has 0 radical (unpaired) electrons. The highest BCUT2D eigenvalue weighted by atomic mass is 16.6. The highest BCUT2D eigenvalue weighted by Crippen LogP contribution is 2.50. The van der Waals surface area contributed by atoms with Gasteiger partial charge in [-0.25, -0.2) is 23.9 Å². The normalized spacial score (nSPS) is 18.3. The minimum atomic E-state index is -0.776. The van der Waals surface area contributed by atoms with Crippen molar-refractivity contribution in [2.24, 2.45) is 28.6 Å². The topological polar surface area (TPSA) is 132 Å². The number of rotatable bonds is 13. The molecule has 1 aliphatic carbocycles.